The van der Waals surface area contributed by atoms with Gasteiger partial charge in [0.15, 0.2) is 0 Å². The fourth-order valence-electron chi connectivity index (χ4n) is 0.289. The average Bonchev–Trinajstić information content (AvgIpc) is 1.61. The Hall–Kier alpha value is -0.330. The molecule has 0 amide bonds. The summed E-state index contributed by atoms with van der Waals surface area (Å²) < 4.78 is 0. The first-order valence-electron chi connectivity index (χ1n) is 2.43. The van der Waals surface area contributed by atoms with Crippen LogP contribution in [0, 0.1) is 0 Å². The third-order valence-corrected chi connectivity index (χ3v) is 0.598. The van der Waals surface area contributed by atoms with Crippen LogP contribution in [0.5, 0.6) is 0 Å². The highest BCUT2D eigenvalue weighted by atomic mass is 14.7. The van der Waals surface area contributed by atoms with Gasteiger partial charge in [0, 0.05) is 13.3 Å². The predicted octanol–water partition coefficient (Wildman–Crippen LogP) is -0.432. The first-order valence-corrected chi connectivity index (χ1v) is 2.43. The number of rotatable bonds is 2. The molecule has 0 aliphatic heterocycles. The molecule has 0 aromatic rings. The summed E-state index contributed by atoms with van der Waals surface area (Å²) in [6.07, 6.45) is 3.17. The molecule has 36 valence electrons. The maximum Gasteiger partial charge on any atom is 0.140 e. The van der Waals surface area contributed by atoms with Gasteiger partial charge in [0.1, 0.15) is 12.8 Å². The molecule has 0 unspecified atom stereocenters. The van der Waals surface area contributed by atoms with E-state index in [0.29, 0.717) is 0 Å². The Labute approximate surface area is 39.1 Å². The van der Waals surface area contributed by atoms with E-state index in [2.05, 4.69) is 11.9 Å². The van der Waals surface area contributed by atoms with Gasteiger partial charge in [-0.15, -0.1) is 0 Å². The van der Waals surface area contributed by atoms with Crippen LogP contribution in [0.3, 0.4) is 0 Å². The summed E-state index contributed by atoms with van der Waals surface area (Å²) in [5.74, 6) is 0. The van der Waals surface area contributed by atoms with Crippen molar-refractivity contribution in [3.05, 3.63) is 0 Å². The monoisotopic (exact) mass is 86.1 g/mol. The Morgan fingerprint density at radius 3 is 2.50 bits per heavy atom. The van der Waals surface area contributed by atoms with E-state index in [1.807, 2.05) is 13.1 Å². The zero-order valence-electron chi connectivity index (χ0n) is 4.49. The first kappa shape index (κ1) is 5.67. The molecule has 1 nitrogen and oxygen atoms in total. The highest BCUT2D eigenvalue weighted by molar-refractivity contribution is 5.45. The van der Waals surface area contributed by atoms with E-state index in [9.17, 15) is 0 Å². The molecule has 6 heavy (non-hydrogen) atoms. The molecule has 0 aromatic heterocycles. The number of hydrogen-bond donors (Lipinski definition) is 1. The highest BCUT2D eigenvalue weighted by Crippen LogP contribution is 1.55. The molecule has 0 radical (unpaired) electrons. The Bertz CT molecular complexity index is 39.2. The summed E-state index contributed by atoms with van der Waals surface area (Å²) in [6.45, 7) is 5.25. The van der Waals surface area contributed by atoms with Crippen molar-refractivity contribution in [2.45, 2.75) is 20.3 Å². The molecule has 0 atom stereocenters. The van der Waals surface area contributed by atoms with Crippen LogP contribution in [0.1, 0.15) is 20.3 Å². The molecule has 0 bridgehead atoms. The van der Waals surface area contributed by atoms with Gasteiger partial charge in [-0.05, 0) is 0 Å². The molecule has 1 heteroatoms. The molecule has 1 N–H and O–H groups in total. The van der Waals surface area contributed by atoms with Crippen LogP contribution in [0.4, 0.5) is 0 Å². The molecule has 0 rings (SSSR count). The van der Waals surface area contributed by atoms with Crippen LogP contribution >= 0.6 is 0 Å². The van der Waals surface area contributed by atoms with E-state index in [4.69, 9.17) is 0 Å². The Morgan fingerprint density at radius 1 is 1.67 bits per heavy atom. The van der Waals surface area contributed by atoms with Gasteiger partial charge in [-0.2, -0.15) is 0 Å². The van der Waals surface area contributed by atoms with Crippen LogP contribution < -0.4 is 4.99 Å². The van der Waals surface area contributed by atoms with Crippen molar-refractivity contribution in [3.63, 3.8) is 0 Å². The Kier molecular flexibility index (Phi) is 4.41. The van der Waals surface area contributed by atoms with Crippen LogP contribution in [0.15, 0.2) is 0 Å². The summed E-state index contributed by atoms with van der Waals surface area (Å²) in [6, 6.07) is 0. The van der Waals surface area contributed by atoms with E-state index in [-0.39, 0.29) is 0 Å². The van der Waals surface area contributed by atoms with E-state index < -0.39 is 0 Å². The SMILES string of the molecule is CC=[NH+]CCC. The van der Waals surface area contributed by atoms with E-state index >= 15 is 0 Å². The molecule has 0 aliphatic rings. The zero-order valence-corrected chi connectivity index (χ0v) is 4.49. The second-order valence-corrected chi connectivity index (χ2v) is 1.24. The first-order chi connectivity index (χ1) is 2.91. The summed E-state index contributed by atoms with van der Waals surface area (Å²) in [5, 5.41) is 0. The minimum atomic E-state index is 1.11. The second-order valence-electron chi connectivity index (χ2n) is 1.24. The highest BCUT2D eigenvalue weighted by Gasteiger charge is 1.71. The molecule has 0 heterocycles. The third kappa shape index (κ3) is 3.67. The molecular weight excluding hydrogens is 74.1 g/mol. The Morgan fingerprint density at radius 2 is 2.33 bits per heavy atom. The van der Waals surface area contributed by atoms with Gasteiger partial charge in [-0.1, -0.05) is 6.92 Å². The van der Waals surface area contributed by atoms with Crippen LogP contribution in [0.25, 0.3) is 0 Å². The van der Waals surface area contributed by atoms with E-state index in [1.54, 1.807) is 0 Å². The number of nitrogens with one attached hydrogen (secondary N) is 1. The minimum Gasteiger partial charge on any atom is -0.252 e. The third-order valence-electron chi connectivity index (χ3n) is 0.598. The average molecular weight is 86.2 g/mol. The second kappa shape index (κ2) is 4.67. The van der Waals surface area contributed by atoms with Gasteiger partial charge in [0.2, 0.25) is 0 Å². The van der Waals surface area contributed by atoms with Gasteiger partial charge in [-0.3, -0.25) is 4.99 Å². The Balaban J connectivity index is 2.66. The standard InChI is InChI=1S/C5H11N/c1-3-5-6-4-2/h4H,3,5H2,1-2H3/p+1. The van der Waals surface area contributed by atoms with Crippen LogP contribution in [-0.2, 0) is 0 Å². The summed E-state index contributed by atoms with van der Waals surface area (Å²) in [7, 11) is 0. The largest absolute Gasteiger partial charge is 0.252 e. The van der Waals surface area contributed by atoms with Crippen molar-refractivity contribution in [2.24, 2.45) is 0 Å². The molecule has 0 aliphatic carbocycles. The van der Waals surface area contributed by atoms with E-state index in [1.165, 1.54) is 6.42 Å². The van der Waals surface area contributed by atoms with Crippen molar-refractivity contribution < 1.29 is 4.99 Å². The maximum atomic E-state index is 3.07. The topological polar surface area (TPSA) is 14.0 Å². The van der Waals surface area contributed by atoms with Crippen molar-refractivity contribution in [2.75, 3.05) is 6.54 Å². The smallest absolute Gasteiger partial charge is 0.140 e. The van der Waals surface area contributed by atoms with Gasteiger partial charge in [0.25, 0.3) is 0 Å². The van der Waals surface area contributed by atoms with Crippen molar-refractivity contribution in [1.82, 2.24) is 0 Å². The van der Waals surface area contributed by atoms with Gasteiger partial charge in [-0.25, -0.2) is 0 Å². The predicted molar refractivity (Wildman–Crippen MR) is 27.9 cm³/mol. The fourth-order valence-corrected chi connectivity index (χ4v) is 0.289. The summed E-state index contributed by atoms with van der Waals surface area (Å²) in [4.78, 5) is 3.07. The van der Waals surface area contributed by atoms with Crippen molar-refractivity contribution >= 4 is 6.21 Å². The molecule has 0 spiro atoms. The lowest BCUT2D eigenvalue weighted by Crippen LogP contribution is -2.68. The number of hydrogen-bond acceptors (Lipinski definition) is 0. The van der Waals surface area contributed by atoms with Gasteiger partial charge >= 0.3 is 0 Å². The lowest BCUT2D eigenvalue weighted by atomic mass is 10.5. The fraction of sp³-hybridized carbons (Fsp3) is 0.800. The summed E-state index contributed by atoms with van der Waals surface area (Å²) in [5.41, 5.74) is 0. The van der Waals surface area contributed by atoms with E-state index in [0.717, 1.165) is 6.54 Å². The zero-order chi connectivity index (χ0) is 4.83. The van der Waals surface area contributed by atoms with Crippen LogP contribution in [-0.4, -0.2) is 12.8 Å². The quantitative estimate of drug-likeness (QED) is 0.438. The molecule has 0 saturated carbocycles. The van der Waals surface area contributed by atoms with Crippen molar-refractivity contribution in [3.8, 4) is 0 Å². The van der Waals surface area contributed by atoms with Crippen LogP contribution in [0.2, 0.25) is 0 Å². The lowest BCUT2D eigenvalue weighted by molar-refractivity contribution is -0.452. The molecular formula is C5H12N+. The minimum absolute atomic E-state index is 1.11. The van der Waals surface area contributed by atoms with Crippen molar-refractivity contribution in [1.29, 1.82) is 0 Å². The molecule has 0 saturated heterocycles. The maximum absolute atomic E-state index is 3.07. The molecule has 0 fully saturated rings. The normalized spacial score (nSPS) is 10.3. The lowest BCUT2D eigenvalue weighted by Gasteiger charge is -1.71. The van der Waals surface area contributed by atoms with Gasteiger partial charge < -0.3 is 0 Å². The molecule has 0 aromatic carbocycles. The summed E-state index contributed by atoms with van der Waals surface area (Å²) >= 11 is 0. The van der Waals surface area contributed by atoms with Gasteiger partial charge in [0.05, 0.1) is 0 Å².